The van der Waals surface area contributed by atoms with Crippen LogP contribution in [0.5, 0.6) is 11.5 Å². The molecule has 10 heteroatoms. The molecular weight excluding hydrogens is 601 g/mol. The highest BCUT2D eigenvalue weighted by atomic mass is 35.6. The molecule has 6 nitrogen and oxygen atoms in total. The summed E-state index contributed by atoms with van der Waals surface area (Å²) in [4.78, 5) is 13.7. The summed E-state index contributed by atoms with van der Waals surface area (Å²) in [6, 6.07) is 23.7. The fourth-order valence-electron chi connectivity index (χ4n) is 5.11. The summed E-state index contributed by atoms with van der Waals surface area (Å²) in [6.07, 6.45) is 1.07. The quantitative estimate of drug-likeness (QED) is 0.0996. The second kappa shape index (κ2) is 12.8. The fourth-order valence-corrected chi connectivity index (χ4v) is 9.71. The van der Waals surface area contributed by atoms with E-state index in [4.69, 9.17) is 58.8 Å². The summed E-state index contributed by atoms with van der Waals surface area (Å²) in [6.45, 7) is 9.23. The molecule has 1 fully saturated rings. The highest BCUT2D eigenvalue weighted by Crippen LogP contribution is 2.41. The van der Waals surface area contributed by atoms with E-state index < -0.39 is 30.1 Å². The van der Waals surface area contributed by atoms with E-state index in [1.807, 2.05) is 36.4 Å². The number of halogens is 3. The largest absolute Gasteiger partial charge is 0.534 e. The number of ether oxygens (including phenoxy) is 3. The van der Waals surface area contributed by atoms with Crippen LogP contribution in [0.2, 0.25) is 5.04 Å². The van der Waals surface area contributed by atoms with Gasteiger partial charge in [0.2, 0.25) is 5.90 Å². The monoisotopic (exact) mass is 633 g/mol. The number of esters is 1. The van der Waals surface area contributed by atoms with Crippen molar-refractivity contribution in [3.05, 3.63) is 83.9 Å². The van der Waals surface area contributed by atoms with Gasteiger partial charge in [-0.25, -0.2) is 4.79 Å². The molecule has 4 rings (SSSR count). The maximum Gasteiger partial charge on any atom is 0.342 e. The van der Waals surface area contributed by atoms with Crippen molar-refractivity contribution >= 4 is 65.4 Å². The summed E-state index contributed by atoms with van der Waals surface area (Å²) in [5, 5.41) is 9.98. The molecule has 0 aromatic heterocycles. The first-order valence-electron chi connectivity index (χ1n) is 13.4. The highest BCUT2D eigenvalue weighted by molar-refractivity contribution is 7.00. The van der Waals surface area contributed by atoms with Crippen LogP contribution in [0.25, 0.3) is 0 Å². The van der Waals surface area contributed by atoms with E-state index in [0.29, 0.717) is 30.9 Å². The van der Waals surface area contributed by atoms with E-state index in [0.717, 1.165) is 16.8 Å². The number of rotatable bonds is 7. The number of alkyl halides is 3. The summed E-state index contributed by atoms with van der Waals surface area (Å²) >= 11 is 17.7. The average Bonchev–Trinajstić information content (AvgIpc) is 2.93. The van der Waals surface area contributed by atoms with Crippen molar-refractivity contribution < 1.29 is 23.4 Å². The lowest BCUT2D eigenvalue weighted by atomic mass is 10.1. The molecule has 3 aromatic carbocycles. The Balaban J connectivity index is 1.87. The lowest BCUT2D eigenvalue weighted by molar-refractivity contribution is -0.0307. The molecule has 1 N–H and O–H groups in total. The summed E-state index contributed by atoms with van der Waals surface area (Å²) < 4.78 is 22.0. The number of benzene rings is 3. The minimum Gasteiger partial charge on any atom is -0.534 e. The maximum atomic E-state index is 13.7. The van der Waals surface area contributed by atoms with E-state index in [-0.39, 0.29) is 16.4 Å². The van der Waals surface area contributed by atoms with Crippen molar-refractivity contribution in [2.75, 3.05) is 13.2 Å². The number of nitrogens with one attached hydrogen (secondary N) is 1. The van der Waals surface area contributed by atoms with Crippen LogP contribution >= 0.6 is 34.8 Å². The van der Waals surface area contributed by atoms with Gasteiger partial charge in [0.1, 0.15) is 23.2 Å². The molecule has 218 valence electrons. The summed E-state index contributed by atoms with van der Waals surface area (Å²) in [5.41, 5.74) is 0.597. The van der Waals surface area contributed by atoms with Crippen molar-refractivity contribution in [1.82, 2.24) is 0 Å². The molecule has 0 radical (unpaired) electrons. The Morgan fingerprint density at radius 1 is 0.927 bits per heavy atom. The van der Waals surface area contributed by atoms with Crippen LogP contribution in [0.3, 0.4) is 0 Å². The topological polar surface area (TPSA) is 77.8 Å². The van der Waals surface area contributed by atoms with Crippen LogP contribution in [-0.2, 0) is 9.47 Å². The summed E-state index contributed by atoms with van der Waals surface area (Å²) in [5.74, 6) is -0.732. The number of carbonyl (C=O) groups is 1. The van der Waals surface area contributed by atoms with E-state index in [2.05, 4.69) is 45.0 Å². The third-order valence-electron chi connectivity index (χ3n) is 7.12. The fraction of sp³-hybridized carbons (Fsp3) is 0.355. The first-order valence-corrected chi connectivity index (χ1v) is 16.4. The first-order chi connectivity index (χ1) is 19.3. The highest BCUT2D eigenvalue weighted by Gasteiger charge is 2.52. The molecule has 1 aliphatic rings. The Hall–Kier alpha value is -2.55. The van der Waals surface area contributed by atoms with Crippen molar-refractivity contribution in [1.29, 1.82) is 5.41 Å². The van der Waals surface area contributed by atoms with Gasteiger partial charge in [-0.15, -0.1) is 0 Å². The second-order valence-electron chi connectivity index (χ2n) is 11.0. The molecule has 0 saturated carbocycles. The lowest BCUT2D eigenvalue weighted by Gasteiger charge is -2.43. The maximum absolute atomic E-state index is 13.7. The molecule has 1 atom stereocenters. The minimum atomic E-state index is -3.02. The second-order valence-corrected chi connectivity index (χ2v) is 17.5. The first kappa shape index (κ1) is 31.4. The number of hydrogen-bond donors (Lipinski definition) is 1. The zero-order valence-electron chi connectivity index (χ0n) is 23.5. The van der Waals surface area contributed by atoms with Gasteiger partial charge in [0.15, 0.2) is 0 Å². The van der Waals surface area contributed by atoms with E-state index in [1.54, 1.807) is 19.1 Å². The van der Waals surface area contributed by atoms with E-state index >= 15 is 0 Å². The molecule has 3 aromatic rings. The Labute approximate surface area is 257 Å². The van der Waals surface area contributed by atoms with Crippen LogP contribution in [0.15, 0.2) is 72.8 Å². The number of hydrogen-bond acceptors (Lipinski definition) is 6. The van der Waals surface area contributed by atoms with Gasteiger partial charge in [-0.05, 0) is 47.3 Å². The van der Waals surface area contributed by atoms with Crippen molar-refractivity contribution in [3.8, 4) is 11.5 Å². The molecule has 41 heavy (non-hydrogen) atoms. The molecule has 0 spiro atoms. The molecule has 0 amide bonds. The van der Waals surface area contributed by atoms with Gasteiger partial charge in [0.25, 0.3) is 3.79 Å². The van der Waals surface area contributed by atoms with Crippen molar-refractivity contribution in [2.24, 2.45) is 0 Å². The zero-order chi connectivity index (χ0) is 29.8. The van der Waals surface area contributed by atoms with Gasteiger partial charge in [0.05, 0.1) is 6.61 Å². The van der Waals surface area contributed by atoms with Gasteiger partial charge >= 0.3 is 14.3 Å². The van der Waals surface area contributed by atoms with Crippen LogP contribution in [0.1, 0.15) is 49.5 Å². The third-order valence-corrected chi connectivity index (χ3v) is 12.6. The predicted molar refractivity (Wildman–Crippen MR) is 167 cm³/mol. The lowest BCUT2D eigenvalue weighted by Crippen LogP contribution is -2.68. The van der Waals surface area contributed by atoms with Gasteiger partial charge in [-0.1, -0.05) is 116 Å². The summed E-state index contributed by atoms with van der Waals surface area (Å²) in [7, 11) is -3.02. The van der Waals surface area contributed by atoms with E-state index in [9.17, 15) is 4.79 Å². The standard InChI is InChI=1S/C31H34Cl3NO5Si/c1-21-25(40-41(30(2,3)4,23-13-7-5-8-14-23)24-15-9-6-10-16-24)17-18-26(39-29(35)31(32,33)34)27(21)28(36)38-22-12-11-19-37-20-22/h5-10,13-18,22,35H,11-12,19-20H2,1-4H3. The predicted octanol–water partition coefficient (Wildman–Crippen LogP) is 7.00. The molecule has 1 unspecified atom stereocenters. The van der Waals surface area contributed by atoms with Crippen LogP contribution in [0.4, 0.5) is 0 Å². The smallest absolute Gasteiger partial charge is 0.342 e. The molecule has 1 heterocycles. The third kappa shape index (κ3) is 6.92. The van der Waals surface area contributed by atoms with E-state index in [1.165, 1.54) is 0 Å². The van der Waals surface area contributed by atoms with Crippen molar-refractivity contribution in [2.45, 2.75) is 55.5 Å². The molecule has 0 bridgehead atoms. The molecule has 1 aliphatic heterocycles. The van der Waals surface area contributed by atoms with Crippen molar-refractivity contribution in [3.63, 3.8) is 0 Å². The van der Waals surface area contributed by atoms with Crippen LogP contribution < -0.4 is 19.5 Å². The molecular formula is C31H34Cl3NO5Si. The molecule has 1 saturated heterocycles. The Morgan fingerprint density at radius 2 is 1.49 bits per heavy atom. The minimum absolute atomic E-state index is 0.0374. The Kier molecular flexibility index (Phi) is 9.76. The van der Waals surface area contributed by atoms with Crippen LogP contribution in [-0.4, -0.2) is 43.3 Å². The number of carbonyl (C=O) groups excluding carboxylic acids is 1. The van der Waals surface area contributed by atoms with Gasteiger partial charge in [-0.3, -0.25) is 5.41 Å². The zero-order valence-corrected chi connectivity index (χ0v) is 26.8. The average molecular weight is 635 g/mol. The van der Waals surface area contributed by atoms with Crippen LogP contribution in [0, 0.1) is 12.3 Å². The molecule has 0 aliphatic carbocycles. The Bertz CT molecular complexity index is 1330. The SMILES string of the molecule is Cc1c(O[Si](c2ccccc2)(c2ccccc2)C(C)(C)C)ccc(OC(=N)C(Cl)(Cl)Cl)c1C(=O)OC1CCCOC1. The Morgan fingerprint density at radius 3 is 1.98 bits per heavy atom. The van der Waals surface area contributed by atoms with Gasteiger partial charge < -0.3 is 18.6 Å². The van der Waals surface area contributed by atoms with Gasteiger partial charge in [0, 0.05) is 12.2 Å². The van der Waals surface area contributed by atoms with Gasteiger partial charge in [-0.2, -0.15) is 0 Å². The normalized spacial score (nSPS) is 16.1.